The summed E-state index contributed by atoms with van der Waals surface area (Å²) < 4.78 is 43.0. The number of hydrogen-bond donors (Lipinski definition) is 0. The molecule has 0 saturated heterocycles. The minimum Gasteiger partial charge on any atom is -0.494 e. The summed E-state index contributed by atoms with van der Waals surface area (Å²) in [6, 6.07) is 12.6. The van der Waals surface area contributed by atoms with E-state index < -0.39 is 11.7 Å². The van der Waals surface area contributed by atoms with Gasteiger partial charge in [0.1, 0.15) is 5.75 Å². The van der Waals surface area contributed by atoms with E-state index in [4.69, 9.17) is 4.74 Å². The second-order valence-corrected chi connectivity index (χ2v) is 5.40. The Balaban J connectivity index is 2.17. The molecule has 2 aromatic carbocycles. The van der Waals surface area contributed by atoms with Gasteiger partial charge < -0.3 is 4.74 Å². The van der Waals surface area contributed by atoms with Crippen LogP contribution in [0.1, 0.15) is 28.4 Å². The van der Waals surface area contributed by atoms with Crippen molar-refractivity contribution in [1.82, 2.24) is 0 Å². The number of ether oxygens (including phenoxy) is 1. The summed E-state index contributed by atoms with van der Waals surface area (Å²) in [7, 11) is 0. The van der Waals surface area contributed by atoms with Gasteiger partial charge in [0, 0.05) is 0 Å². The lowest BCUT2D eigenvalue weighted by Crippen LogP contribution is -2.04. The minimum absolute atomic E-state index is 0.157. The highest BCUT2D eigenvalue weighted by atomic mass is 79.9. The van der Waals surface area contributed by atoms with Crippen molar-refractivity contribution in [3.8, 4) is 5.75 Å². The summed E-state index contributed by atoms with van der Waals surface area (Å²) in [6.07, 6.45) is -4.31. The van der Waals surface area contributed by atoms with Crippen LogP contribution in [0.2, 0.25) is 0 Å². The summed E-state index contributed by atoms with van der Waals surface area (Å²) in [4.78, 5) is -0.157. The lowest BCUT2D eigenvalue weighted by molar-refractivity contribution is -0.137. The van der Waals surface area contributed by atoms with Gasteiger partial charge in [0.15, 0.2) is 0 Å². The van der Waals surface area contributed by atoms with E-state index in [0.717, 1.165) is 29.0 Å². The number of benzene rings is 2. The number of hydrogen-bond acceptors (Lipinski definition) is 1. The summed E-state index contributed by atoms with van der Waals surface area (Å²) in [6.45, 7) is 2.50. The normalized spacial score (nSPS) is 13.0. The van der Waals surface area contributed by atoms with E-state index in [1.807, 2.05) is 31.2 Å². The Morgan fingerprint density at radius 3 is 1.86 bits per heavy atom. The first-order valence-corrected chi connectivity index (χ1v) is 7.37. The number of rotatable bonds is 4. The largest absolute Gasteiger partial charge is 0.494 e. The SMILES string of the molecule is CCOc1ccc(C(Br)c2ccc(C(F)(F)F)cc2)cc1. The minimum atomic E-state index is -4.31. The van der Waals surface area contributed by atoms with Gasteiger partial charge in [-0.2, -0.15) is 13.2 Å². The predicted molar refractivity (Wildman–Crippen MR) is 79.8 cm³/mol. The molecule has 21 heavy (non-hydrogen) atoms. The maximum Gasteiger partial charge on any atom is 0.416 e. The molecule has 0 aliphatic carbocycles. The fraction of sp³-hybridized carbons (Fsp3) is 0.250. The lowest BCUT2D eigenvalue weighted by Gasteiger charge is -2.13. The summed E-state index contributed by atoms with van der Waals surface area (Å²) in [5, 5.41) is 0. The van der Waals surface area contributed by atoms with E-state index in [0.29, 0.717) is 6.61 Å². The molecule has 1 atom stereocenters. The van der Waals surface area contributed by atoms with Crippen molar-refractivity contribution in [2.45, 2.75) is 17.9 Å². The molecule has 0 spiro atoms. The van der Waals surface area contributed by atoms with Crippen LogP contribution in [0.15, 0.2) is 48.5 Å². The van der Waals surface area contributed by atoms with E-state index in [2.05, 4.69) is 15.9 Å². The van der Waals surface area contributed by atoms with Crippen molar-refractivity contribution in [1.29, 1.82) is 0 Å². The zero-order valence-corrected chi connectivity index (χ0v) is 12.9. The van der Waals surface area contributed by atoms with Crippen LogP contribution >= 0.6 is 15.9 Å². The van der Waals surface area contributed by atoms with E-state index in [9.17, 15) is 13.2 Å². The maximum atomic E-state index is 12.5. The standard InChI is InChI=1S/C16H14BrF3O/c1-2-21-14-9-5-12(6-10-14)15(17)11-3-7-13(8-4-11)16(18,19)20/h3-10,15H,2H2,1H3. The molecule has 1 unspecified atom stereocenters. The van der Waals surface area contributed by atoms with E-state index >= 15 is 0 Å². The molecule has 0 saturated carbocycles. The highest BCUT2D eigenvalue weighted by Gasteiger charge is 2.30. The Morgan fingerprint density at radius 2 is 1.43 bits per heavy atom. The second-order valence-electron chi connectivity index (χ2n) is 4.48. The molecule has 1 nitrogen and oxygen atoms in total. The molecule has 0 bridgehead atoms. The molecule has 0 fully saturated rings. The zero-order valence-electron chi connectivity index (χ0n) is 11.3. The fourth-order valence-electron chi connectivity index (χ4n) is 1.93. The zero-order chi connectivity index (χ0) is 15.5. The molecular formula is C16H14BrF3O. The van der Waals surface area contributed by atoms with Crippen molar-refractivity contribution in [2.75, 3.05) is 6.61 Å². The Bertz CT molecular complexity index is 576. The van der Waals surface area contributed by atoms with Crippen molar-refractivity contribution < 1.29 is 17.9 Å². The van der Waals surface area contributed by atoms with Crippen molar-refractivity contribution >= 4 is 15.9 Å². The van der Waals surface area contributed by atoms with E-state index in [1.54, 1.807) is 0 Å². The highest BCUT2D eigenvalue weighted by Crippen LogP contribution is 2.34. The van der Waals surface area contributed by atoms with Gasteiger partial charge in [-0.25, -0.2) is 0 Å². The Kier molecular flexibility index (Phi) is 4.93. The third-order valence-electron chi connectivity index (χ3n) is 3.01. The summed E-state index contributed by atoms with van der Waals surface area (Å²) >= 11 is 3.51. The van der Waals surface area contributed by atoms with Gasteiger partial charge in [0.2, 0.25) is 0 Å². The van der Waals surface area contributed by atoms with Gasteiger partial charge in [-0.1, -0.05) is 40.2 Å². The molecule has 0 N–H and O–H groups in total. The number of halogens is 4. The van der Waals surface area contributed by atoms with Crippen molar-refractivity contribution in [2.24, 2.45) is 0 Å². The molecule has 2 rings (SSSR count). The molecule has 112 valence electrons. The third kappa shape index (κ3) is 4.00. The van der Waals surface area contributed by atoms with Crippen LogP contribution in [-0.2, 0) is 6.18 Å². The van der Waals surface area contributed by atoms with Crippen LogP contribution < -0.4 is 4.74 Å². The van der Waals surface area contributed by atoms with Gasteiger partial charge >= 0.3 is 6.18 Å². The first kappa shape index (κ1) is 15.9. The molecule has 2 aromatic rings. The second kappa shape index (κ2) is 6.52. The molecule has 0 heterocycles. The molecule has 0 amide bonds. The average Bonchev–Trinajstić information content (AvgIpc) is 2.47. The smallest absolute Gasteiger partial charge is 0.416 e. The van der Waals surface area contributed by atoms with Crippen LogP contribution in [0.25, 0.3) is 0 Å². The van der Waals surface area contributed by atoms with Gasteiger partial charge in [-0.05, 0) is 42.3 Å². The maximum absolute atomic E-state index is 12.5. The van der Waals surface area contributed by atoms with Crippen LogP contribution in [0.5, 0.6) is 5.75 Å². The first-order chi connectivity index (χ1) is 9.91. The van der Waals surface area contributed by atoms with Crippen molar-refractivity contribution in [3.05, 3.63) is 65.2 Å². The molecule has 0 radical (unpaired) electrons. The Hall–Kier alpha value is -1.49. The highest BCUT2D eigenvalue weighted by molar-refractivity contribution is 9.09. The summed E-state index contributed by atoms with van der Waals surface area (Å²) in [5.74, 6) is 0.772. The van der Waals surface area contributed by atoms with Crippen LogP contribution in [0.3, 0.4) is 0 Å². The van der Waals surface area contributed by atoms with Crippen LogP contribution in [-0.4, -0.2) is 6.61 Å². The van der Waals surface area contributed by atoms with E-state index in [-0.39, 0.29) is 4.83 Å². The molecular weight excluding hydrogens is 345 g/mol. The molecule has 0 aromatic heterocycles. The fourth-order valence-corrected chi connectivity index (χ4v) is 2.54. The third-order valence-corrected chi connectivity index (χ3v) is 4.07. The lowest BCUT2D eigenvalue weighted by atomic mass is 10.0. The summed E-state index contributed by atoms with van der Waals surface area (Å²) in [5.41, 5.74) is 1.09. The topological polar surface area (TPSA) is 9.23 Å². The molecule has 0 aliphatic rings. The van der Waals surface area contributed by atoms with Gasteiger partial charge in [-0.3, -0.25) is 0 Å². The Morgan fingerprint density at radius 1 is 0.952 bits per heavy atom. The van der Waals surface area contributed by atoms with Crippen LogP contribution in [0, 0.1) is 0 Å². The van der Waals surface area contributed by atoms with Gasteiger partial charge in [0.05, 0.1) is 17.0 Å². The molecule has 5 heteroatoms. The first-order valence-electron chi connectivity index (χ1n) is 6.46. The Labute approximate surface area is 129 Å². The van der Waals surface area contributed by atoms with Gasteiger partial charge in [-0.15, -0.1) is 0 Å². The van der Waals surface area contributed by atoms with E-state index in [1.165, 1.54) is 12.1 Å². The quantitative estimate of drug-likeness (QED) is 0.647. The monoisotopic (exact) mass is 358 g/mol. The molecule has 0 aliphatic heterocycles. The van der Waals surface area contributed by atoms with Crippen LogP contribution in [0.4, 0.5) is 13.2 Å². The number of alkyl halides is 4. The van der Waals surface area contributed by atoms with Gasteiger partial charge in [0.25, 0.3) is 0 Å². The average molecular weight is 359 g/mol. The predicted octanol–water partition coefficient (Wildman–Crippen LogP) is 5.59. The van der Waals surface area contributed by atoms with Crippen molar-refractivity contribution in [3.63, 3.8) is 0 Å².